The summed E-state index contributed by atoms with van der Waals surface area (Å²) in [4.78, 5) is 31.6. The molecule has 0 aliphatic rings. The van der Waals surface area contributed by atoms with Crippen molar-refractivity contribution in [2.45, 2.75) is 0 Å². The maximum atomic E-state index is 12.6. The Bertz CT molecular complexity index is 1100. The lowest BCUT2D eigenvalue weighted by Crippen LogP contribution is -2.17. The smallest absolute Gasteiger partial charge is 0.292 e. The van der Waals surface area contributed by atoms with Crippen molar-refractivity contribution in [3.63, 3.8) is 0 Å². The van der Waals surface area contributed by atoms with Crippen LogP contribution in [-0.2, 0) is 11.8 Å². The van der Waals surface area contributed by atoms with E-state index in [2.05, 4.69) is 47.1 Å². The Balaban J connectivity index is 2.26. The first-order valence-corrected chi connectivity index (χ1v) is 8.93. The zero-order valence-electron chi connectivity index (χ0n) is 14.0. The minimum absolute atomic E-state index is 0.0807. The van der Waals surface area contributed by atoms with E-state index < -0.39 is 10.5 Å². The highest BCUT2D eigenvalue weighted by Crippen LogP contribution is 2.32. The number of aryl methyl sites for hydroxylation is 1. The Morgan fingerprint density at radius 1 is 1.33 bits per heavy atom. The molecule has 0 unspecified atom stereocenters. The molecular formula is C14H12Br2N6O5. The second-order valence-corrected chi connectivity index (χ2v) is 6.74. The second-order valence-electron chi connectivity index (χ2n) is 5.28. The van der Waals surface area contributed by atoms with E-state index in [1.165, 1.54) is 17.9 Å². The van der Waals surface area contributed by atoms with Crippen molar-refractivity contribution in [2.75, 3.05) is 20.3 Å². The molecular weight excluding hydrogens is 492 g/mol. The Morgan fingerprint density at radius 2 is 2.07 bits per heavy atom. The molecule has 11 nitrogen and oxygen atoms in total. The number of methoxy groups -OCH3 is 1. The van der Waals surface area contributed by atoms with Crippen LogP contribution in [0.25, 0.3) is 22.4 Å². The summed E-state index contributed by atoms with van der Waals surface area (Å²) in [6.07, 6.45) is 1.07. The van der Waals surface area contributed by atoms with E-state index in [1.807, 2.05) is 0 Å². The van der Waals surface area contributed by atoms with E-state index in [9.17, 15) is 14.9 Å². The number of hydrogen-bond donors (Lipinski definition) is 0. The van der Waals surface area contributed by atoms with E-state index in [1.54, 1.807) is 7.05 Å². The van der Waals surface area contributed by atoms with Crippen LogP contribution in [0.3, 0.4) is 0 Å². The van der Waals surface area contributed by atoms with Crippen LogP contribution >= 0.6 is 32.1 Å². The Hall–Kier alpha value is -2.38. The molecule has 3 aromatic rings. The largest absolute Gasteiger partial charge is 0.475 e. The van der Waals surface area contributed by atoms with E-state index in [-0.39, 0.29) is 35.1 Å². The minimum Gasteiger partial charge on any atom is -0.475 e. The Morgan fingerprint density at radius 3 is 2.74 bits per heavy atom. The van der Waals surface area contributed by atoms with Gasteiger partial charge in [-0.15, -0.1) is 0 Å². The van der Waals surface area contributed by atoms with E-state index in [0.717, 1.165) is 9.79 Å². The molecule has 0 radical (unpaired) electrons. The van der Waals surface area contributed by atoms with Crippen LogP contribution < -0.4 is 10.3 Å². The lowest BCUT2D eigenvalue weighted by Gasteiger charge is -2.11. The fourth-order valence-electron chi connectivity index (χ4n) is 2.28. The summed E-state index contributed by atoms with van der Waals surface area (Å²) in [6.45, 7) is 0.458. The van der Waals surface area contributed by atoms with Gasteiger partial charge in [-0.05, 0) is 15.9 Å². The van der Waals surface area contributed by atoms with Crippen molar-refractivity contribution >= 4 is 48.8 Å². The fraction of sp³-hybridized carbons (Fsp3) is 0.286. The zero-order chi connectivity index (χ0) is 19.7. The second kappa shape index (κ2) is 7.70. The molecule has 3 heterocycles. The monoisotopic (exact) mass is 502 g/mol. The van der Waals surface area contributed by atoms with E-state index in [4.69, 9.17) is 9.47 Å². The molecule has 13 heteroatoms. The average Bonchev–Trinajstić information content (AvgIpc) is 2.93. The van der Waals surface area contributed by atoms with Gasteiger partial charge in [0.15, 0.2) is 11.3 Å². The molecule has 3 rings (SSSR count). The maximum Gasteiger partial charge on any atom is 0.292 e. The van der Waals surface area contributed by atoms with Crippen LogP contribution in [0, 0.1) is 10.1 Å². The van der Waals surface area contributed by atoms with Gasteiger partial charge in [0.2, 0.25) is 5.88 Å². The highest BCUT2D eigenvalue weighted by Gasteiger charge is 2.23. The van der Waals surface area contributed by atoms with Crippen LogP contribution in [0.1, 0.15) is 0 Å². The van der Waals surface area contributed by atoms with Crippen molar-refractivity contribution in [3.05, 3.63) is 37.3 Å². The molecule has 0 amide bonds. The van der Waals surface area contributed by atoms with E-state index >= 15 is 0 Å². The average molecular weight is 504 g/mol. The molecule has 0 aliphatic heterocycles. The van der Waals surface area contributed by atoms with Gasteiger partial charge in [-0.3, -0.25) is 19.6 Å². The quantitative estimate of drug-likeness (QED) is 0.284. The van der Waals surface area contributed by atoms with Gasteiger partial charge in [-0.2, -0.15) is 5.10 Å². The third kappa shape index (κ3) is 3.57. The van der Waals surface area contributed by atoms with Crippen LogP contribution in [0.15, 0.2) is 21.7 Å². The van der Waals surface area contributed by atoms with Gasteiger partial charge < -0.3 is 9.47 Å². The maximum absolute atomic E-state index is 12.6. The molecule has 0 saturated heterocycles. The van der Waals surface area contributed by atoms with Crippen molar-refractivity contribution in [3.8, 4) is 17.3 Å². The lowest BCUT2D eigenvalue weighted by atomic mass is 10.2. The van der Waals surface area contributed by atoms with E-state index in [0.29, 0.717) is 16.7 Å². The third-order valence-electron chi connectivity index (χ3n) is 3.55. The number of rotatable bonds is 6. The van der Waals surface area contributed by atoms with Crippen LogP contribution in [0.4, 0.5) is 5.69 Å². The van der Waals surface area contributed by atoms with Crippen molar-refractivity contribution < 1.29 is 14.4 Å². The van der Waals surface area contributed by atoms with Crippen molar-refractivity contribution in [1.29, 1.82) is 0 Å². The summed E-state index contributed by atoms with van der Waals surface area (Å²) in [6, 6.07) is 1.24. The first-order chi connectivity index (χ1) is 12.8. The number of ether oxygens (including phenoxy) is 2. The van der Waals surface area contributed by atoms with Crippen molar-refractivity contribution in [2.24, 2.45) is 7.05 Å². The zero-order valence-corrected chi connectivity index (χ0v) is 17.2. The first kappa shape index (κ1) is 19.4. The number of hydrogen-bond acceptors (Lipinski definition) is 8. The SMILES string of the molecule is COCCOc1ncc([N+](=O)[O-])cc1-c1nc2c(Br)n(C)nc2c(=O)n1Br. The summed E-state index contributed by atoms with van der Waals surface area (Å²) in [7, 11) is 3.16. The molecule has 0 saturated carbocycles. The third-order valence-corrected chi connectivity index (χ3v) is 5.10. The lowest BCUT2D eigenvalue weighted by molar-refractivity contribution is -0.385. The molecule has 0 fully saturated rings. The van der Waals surface area contributed by atoms with Gasteiger partial charge in [0.1, 0.15) is 22.9 Å². The van der Waals surface area contributed by atoms with Crippen molar-refractivity contribution in [1.82, 2.24) is 23.3 Å². The van der Waals surface area contributed by atoms with Gasteiger partial charge in [0.05, 0.1) is 33.2 Å². The number of nitrogens with zero attached hydrogens (tertiary/aromatic N) is 6. The highest BCUT2D eigenvalue weighted by atomic mass is 79.9. The molecule has 0 spiro atoms. The van der Waals surface area contributed by atoms with Gasteiger partial charge in [-0.1, -0.05) is 0 Å². The normalized spacial score (nSPS) is 11.1. The molecule has 0 N–H and O–H groups in total. The number of halogens is 2. The van der Waals surface area contributed by atoms with Crippen LogP contribution in [0.5, 0.6) is 5.88 Å². The molecule has 0 atom stereocenters. The molecule has 27 heavy (non-hydrogen) atoms. The number of aromatic nitrogens is 5. The molecule has 0 aliphatic carbocycles. The molecule has 0 bridgehead atoms. The number of nitro groups is 1. The Labute approximate surface area is 168 Å². The minimum atomic E-state index is -0.593. The predicted molar refractivity (Wildman–Crippen MR) is 102 cm³/mol. The molecule has 142 valence electrons. The van der Waals surface area contributed by atoms with Gasteiger partial charge in [0.25, 0.3) is 11.2 Å². The number of fused-ring (bicyclic) bond motifs is 1. The predicted octanol–water partition coefficient (Wildman–Crippen LogP) is 2.05. The van der Waals surface area contributed by atoms with Gasteiger partial charge >= 0.3 is 0 Å². The highest BCUT2D eigenvalue weighted by molar-refractivity contribution is 9.10. The molecule has 0 aromatic carbocycles. The van der Waals surface area contributed by atoms with Crippen LogP contribution in [0.2, 0.25) is 0 Å². The summed E-state index contributed by atoms with van der Waals surface area (Å²) in [5.74, 6) is 0.168. The summed E-state index contributed by atoms with van der Waals surface area (Å²) < 4.78 is 13.5. The molecule has 3 aromatic heterocycles. The fourth-order valence-corrected chi connectivity index (χ4v) is 3.07. The topological polar surface area (TPSA) is 127 Å². The summed E-state index contributed by atoms with van der Waals surface area (Å²) >= 11 is 6.48. The van der Waals surface area contributed by atoms with Gasteiger partial charge in [-0.25, -0.2) is 13.6 Å². The first-order valence-electron chi connectivity index (χ1n) is 7.43. The Kier molecular flexibility index (Phi) is 5.53. The summed E-state index contributed by atoms with van der Waals surface area (Å²) in [5, 5.41) is 15.3. The number of pyridine rings is 1. The summed E-state index contributed by atoms with van der Waals surface area (Å²) in [5.41, 5.74) is -0.137. The van der Waals surface area contributed by atoms with Gasteiger partial charge in [0, 0.05) is 20.2 Å². The van der Waals surface area contributed by atoms with Crippen LogP contribution in [-0.4, -0.2) is 48.6 Å². The standard InChI is InChI=1S/C14H12Br2N6O5/c1-20-11(15)9-10(19-20)14(23)21(16)12(18-9)8-5-7(22(24)25)6-17-13(8)27-4-3-26-2/h5-6H,3-4H2,1-2H3.